The number of rotatable bonds is 8. The van der Waals surface area contributed by atoms with Gasteiger partial charge in [0.25, 0.3) is 0 Å². The van der Waals surface area contributed by atoms with Crippen LogP contribution in [0.4, 0.5) is 5.69 Å². The van der Waals surface area contributed by atoms with Crippen LogP contribution in [0.5, 0.6) is 5.75 Å². The van der Waals surface area contributed by atoms with E-state index in [1.54, 1.807) is 33.0 Å². The molecule has 0 saturated heterocycles. The molecule has 0 amide bonds. The molecule has 0 fully saturated rings. The van der Waals surface area contributed by atoms with E-state index in [0.717, 1.165) is 5.56 Å². The lowest BCUT2D eigenvalue weighted by Gasteiger charge is -2.23. The van der Waals surface area contributed by atoms with Gasteiger partial charge in [-0.15, -0.1) is 0 Å². The van der Waals surface area contributed by atoms with Crippen molar-refractivity contribution in [2.75, 3.05) is 13.7 Å². The van der Waals surface area contributed by atoms with Crippen LogP contribution in [0, 0.1) is 17.0 Å². The predicted octanol–water partition coefficient (Wildman–Crippen LogP) is 2.12. The summed E-state index contributed by atoms with van der Waals surface area (Å²) in [7, 11) is 1.58. The van der Waals surface area contributed by atoms with Gasteiger partial charge in [0.2, 0.25) is 0 Å². The van der Waals surface area contributed by atoms with Crippen LogP contribution in [0.25, 0.3) is 0 Å². The van der Waals surface area contributed by atoms with Gasteiger partial charge in [-0.1, -0.05) is 6.07 Å². The second-order valence-electron chi connectivity index (χ2n) is 5.07. The lowest BCUT2D eigenvalue weighted by Crippen LogP contribution is -2.47. The standard InChI is InChI=1S/C14H20N2O5/c1-10-5-6-12(11(9-10)16(19)20)21-8-4-7-14(2,15-3)13(17)18/h5-6,9,15H,4,7-8H2,1-3H3,(H,17,18). The van der Waals surface area contributed by atoms with Crippen LogP contribution in [-0.4, -0.2) is 35.2 Å². The first-order chi connectivity index (χ1) is 9.80. The Morgan fingerprint density at radius 3 is 2.71 bits per heavy atom. The quantitative estimate of drug-likeness (QED) is 0.433. The van der Waals surface area contributed by atoms with E-state index in [2.05, 4.69) is 5.32 Å². The Morgan fingerprint density at radius 1 is 1.52 bits per heavy atom. The van der Waals surface area contributed by atoms with Crippen molar-refractivity contribution in [2.24, 2.45) is 0 Å². The van der Waals surface area contributed by atoms with Gasteiger partial charge in [0, 0.05) is 6.07 Å². The number of carbonyl (C=O) groups is 1. The number of hydrogen-bond acceptors (Lipinski definition) is 5. The number of hydrogen-bond donors (Lipinski definition) is 2. The summed E-state index contributed by atoms with van der Waals surface area (Å²) in [6.45, 7) is 3.57. The maximum Gasteiger partial charge on any atom is 0.323 e. The van der Waals surface area contributed by atoms with Crippen molar-refractivity contribution in [3.63, 3.8) is 0 Å². The van der Waals surface area contributed by atoms with Gasteiger partial charge in [0.15, 0.2) is 5.75 Å². The third kappa shape index (κ3) is 4.42. The molecule has 7 heteroatoms. The van der Waals surface area contributed by atoms with E-state index in [-0.39, 0.29) is 18.0 Å². The van der Waals surface area contributed by atoms with Crippen LogP contribution in [0.15, 0.2) is 18.2 Å². The minimum atomic E-state index is -1.03. The zero-order valence-electron chi connectivity index (χ0n) is 12.4. The fourth-order valence-electron chi connectivity index (χ4n) is 1.84. The Bertz CT molecular complexity index is 532. The number of likely N-dealkylation sites (N-methyl/N-ethyl adjacent to an activating group) is 1. The van der Waals surface area contributed by atoms with Gasteiger partial charge in [0.05, 0.1) is 11.5 Å². The zero-order chi connectivity index (χ0) is 16.0. The van der Waals surface area contributed by atoms with Crippen LogP contribution in [0.2, 0.25) is 0 Å². The van der Waals surface area contributed by atoms with Crippen LogP contribution in [0.3, 0.4) is 0 Å². The van der Waals surface area contributed by atoms with Gasteiger partial charge in [-0.3, -0.25) is 14.9 Å². The third-order valence-electron chi connectivity index (χ3n) is 3.41. The Hall–Kier alpha value is -2.15. The largest absolute Gasteiger partial charge is 0.487 e. The fraction of sp³-hybridized carbons (Fsp3) is 0.500. The highest BCUT2D eigenvalue weighted by molar-refractivity contribution is 5.78. The number of nitrogens with zero attached hydrogens (tertiary/aromatic N) is 1. The maximum atomic E-state index is 11.1. The summed E-state index contributed by atoms with van der Waals surface area (Å²) in [5.41, 5.74) is -0.324. The Kier molecular flexibility index (Phi) is 5.66. The van der Waals surface area contributed by atoms with Crippen molar-refractivity contribution in [2.45, 2.75) is 32.2 Å². The molecule has 0 aliphatic rings. The van der Waals surface area contributed by atoms with Gasteiger partial charge in [-0.25, -0.2) is 0 Å². The highest BCUT2D eigenvalue weighted by Crippen LogP contribution is 2.28. The average molecular weight is 296 g/mol. The lowest BCUT2D eigenvalue weighted by molar-refractivity contribution is -0.385. The van der Waals surface area contributed by atoms with Crippen molar-refractivity contribution < 1.29 is 19.6 Å². The lowest BCUT2D eigenvalue weighted by atomic mass is 9.96. The first-order valence-corrected chi connectivity index (χ1v) is 6.60. The molecule has 0 aliphatic carbocycles. The SMILES string of the molecule is CNC(C)(CCCOc1ccc(C)cc1[N+](=O)[O-])C(=O)O. The molecule has 0 saturated carbocycles. The second kappa shape index (κ2) is 7.03. The third-order valence-corrected chi connectivity index (χ3v) is 3.41. The van der Waals surface area contributed by atoms with Gasteiger partial charge in [0.1, 0.15) is 5.54 Å². The first-order valence-electron chi connectivity index (χ1n) is 6.60. The minimum Gasteiger partial charge on any atom is -0.487 e. The topological polar surface area (TPSA) is 102 Å². The molecular formula is C14H20N2O5. The molecule has 0 radical (unpaired) electrons. The summed E-state index contributed by atoms with van der Waals surface area (Å²) in [6, 6.07) is 4.74. The summed E-state index contributed by atoms with van der Waals surface area (Å²) < 4.78 is 5.41. The van der Waals surface area contributed by atoms with Crippen molar-refractivity contribution in [1.82, 2.24) is 5.32 Å². The number of aryl methyl sites for hydroxylation is 1. The van der Waals surface area contributed by atoms with Crippen molar-refractivity contribution in [3.05, 3.63) is 33.9 Å². The van der Waals surface area contributed by atoms with E-state index in [4.69, 9.17) is 9.84 Å². The number of nitro benzene ring substituents is 1. The highest BCUT2D eigenvalue weighted by atomic mass is 16.6. The Balaban J connectivity index is 2.61. The normalized spacial score (nSPS) is 13.5. The molecule has 1 rings (SSSR count). The molecule has 0 bridgehead atoms. The molecular weight excluding hydrogens is 276 g/mol. The molecule has 0 heterocycles. The number of aliphatic carboxylic acids is 1. The Labute approximate surface area is 123 Å². The van der Waals surface area contributed by atoms with E-state index >= 15 is 0 Å². The molecule has 0 aliphatic heterocycles. The van der Waals surface area contributed by atoms with Crippen LogP contribution in [-0.2, 0) is 4.79 Å². The molecule has 1 atom stereocenters. The first kappa shape index (κ1) is 16.9. The number of carboxylic acid groups (broad SMARTS) is 1. The van der Waals surface area contributed by atoms with E-state index in [0.29, 0.717) is 12.8 Å². The van der Waals surface area contributed by atoms with Gasteiger partial charge in [-0.2, -0.15) is 0 Å². The summed E-state index contributed by atoms with van der Waals surface area (Å²) in [5, 5.41) is 22.8. The number of benzene rings is 1. The van der Waals surface area contributed by atoms with Gasteiger partial charge in [-0.05, 0) is 45.4 Å². The van der Waals surface area contributed by atoms with Crippen LogP contribution >= 0.6 is 0 Å². The van der Waals surface area contributed by atoms with Crippen LogP contribution in [0.1, 0.15) is 25.3 Å². The molecule has 116 valence electrons. The number of nitro groups is 1. The number of nitrogens with one attached hydrogen (secondary N) is 1. The van der Waals surface area contributed by atoms with Gasteiger partial charge >= 0.3 is 11.7 Å². The molecule has 1 aromatic rings. The molecule has 0 aromatic heterocycles. The van der Waals surface area contributed by atoms with E-state index in [9.17, 15) is 14.9 Å². The fourth-order valence-corrected chi connectivity index (χ4v) is 1.84. The smallest absolute Gasteiger partial charge is 0.323 e. The Morgan fingerprint density at radius 2 is 2.19 bits per heavy atom. The average Bonchev–Trinajstić information content (AvgIpc) is 2.44. The van der Waals surface area contributed by atoms with Gasteiger partial charge < -0.3 is 15.2 Å². The summed E-state index contributed by atoms with van der Waals surface area (Å²) >= 11 is 0. The molecule has 1 unspecified atom stereocenters. The van der Waals surface area contributed by atoms with E-state index in [1.165, 1.54) is 6.07 Å². The number of ether oxygens (including phenoxy) is 1. The maximum absolute atomic E-state index is 11.1. The summed E-state index contributed by atoms with van der Waals surface area (Å²) in [6.07, 6.45) is 0.827. The van der Waals surface area contributed by atoms with Crippen molar-refractivity contribution in [1.29, 1.82) is 0 Å². The molecule has 2 N–H and O–H groups in total. The minimum absolute atomic E-state index is 0.0791. The van der Waals surface area contributed by atoms with Crippen LogP contribution < -0.4 is 10.1 Å². The molecule has 7 nitrogen and oxygen atoms in total. The monoisotopic (exact) mass is 296 g/mol. The molecule has 21 heavy (non-hydrogen) atoms. The van der Waals surface area contributed by atoms with Crippen molar-refractivity contribution in [3.8, 4) is 5.75 Å². The molecule has 0 spiro atoms. The second-order valence-corrected chi connectivity index (χ2v) is 5.07. The van der Waals surface area contributed by atoms with E-state index < -0.39 is 16.4 Å². The molecule has 1 aromatic carbocycles. The summed E-state index contributed by atoms with van der Waals surface area (Å²) in [4.78, 5) is 21.6. The van der Waals surface area contributed by atoms with Crippen molar-refractivity contribution >= 4 is 11.7 Å². The number of carboxylic acids is 1. The van der Waals surface area contributed by atoms with E-state index in [1.807, 2.05) is 0 Å². The summed E-state index contributed by atoms with van der Waals surface area (Å²) in [5.74, 6) is -0.738. The highest BCUT2D eigenvalue weighted by Gasteiger charge is 2.30. The zero-order valence-corrected chi connectivity index (χ0v) is 12.4. The predicted molar refractivity (Wildman–Crippen MR) is 77.7 cm³/mol.